The van der Waals surface area contributed by atoms with Crippen LogP contribution in [-0.2, 0) is 4.79 Å². The summed E-state index contributed by atoms with van der Waals surface area (Å²) in [6.07, 6.45) is 1.66. The molecule has 0 bridgehead atoms. The molecule has 0 saturated carbocycles. The molecule has 1 unspecified atom stereocenters. The molecule has 1 fully saturated rings. The fourth-order valence-corrected chi connectivity index (χ4v) is 2.96. The van der Waals surface area contributed by atoms with Crippen molar-refractivity contribution in [1.82, 2.24) is 20.1 Å². The summed E-state index contributed by atoms with van der Waals surface area (Å²) < 4.78 is 13.7. The highest BCUT2D eigenvalue weighted by Crippen LogP contribution is 2.26. The summed E-state index contributed by atoms with van der Waals surface area (Å²) in [6.45, 7) is 0.840. The second-order valence-corrected chi connectivity index (χ2v) is 5.90. The van der Waals surface area contributed by atoms with Gasteiger partial charge >= 0.3 is 6.03 Å². The van der Waals surface area contributed by atoms with Gasteiger partial charge in [0.15, 0.2) is 0 Å². The molecule has 3 rings (SSSR count). The lowest BCUT2D eigenvalue weighted by Gasteiger charge is -2.28. The zero-order valence-electron chi connectivity index (χ0n) is 13.9. The van der Waals surface area contributed by atoms with E-state index < -0.39 is 6.04 Å². The molecule has 25 heavy (non-hydrogen) atoms. The third-order valence-electron chi connectivity index (χ3n) is 4.12. The maximum atomic E-state index is 13.7. The molecular weight excluding hydrogens is 323 g/mol. The van der Waals surface area contributed by atoms with E-state index in [4.69, 9.17) is 0 Å². The van der Waals surface area contributed by atoms with E-state index in [1.807, 2.05) is 12.1 Å². The largest absolute Gasteiger partial charge is 0.336 e. The Hall–Kier alpha value is -2.80. The summed E-state index contributed by atoms with van der Waals surface area (Å²) in [5.74, 6) is -0.646. The van der Waals surface area contributed by atoms with Crippen molar-refractivity contribution < 1.29 is 14.0 Å². The van der Waals surface area contributed by atoms with Crippen molar-refractivity contribution in [2.45, 2.75) is 6.04 Å². The van der Waals surface area contributed by atoms with Crippen molar-refractivity contribution in [2.24, 2.45) is 0 Å². The summed E-state index contributed by atoms with van der Waals surface area (Å²) in [5.41, 5.74) is 1.40. The third kappa shape index (κ3) is 3.83. The first kappa shape index (κ1) is 17.0. The molecule has 7 heteroatoms. The Bertz CT molecular complexity index is 769. The third-order valence-corrected chi connectivity index (χ3v) is 4.12. The van der Waals surface area contributed by atoms with E-state index in [0.29, 0.717) is 24.3 Å². The minimum absolute atomic E-state index is 0.0190. The van der Waals surface area contributed by atoms with Crippen LogP contribution in [0.1, 0.15) is 17.3 Å². The number of carbonyl (C=O) groups excluding carboxylic acids is 2. The first-order valence-corrected chi connectivity index (χ1v) is 8.01. The first-order chi connectivity index (χ1) is 12.1. The number of halogens is 1. The highest BCUT2D eigenvalue weighted by molar-refractivity contribution is 5.96. The number of aromatic nitrogens is 1. The number of urea groups is 1. The van der Waals surface area contributed by atoms with E-state index in [2.05, 4.69) is 10.3 Å². The Kier molecular flexibility index (Phi) is 5.04. The molecule has 6 nitrogen and oxygen atoms in total. The molecule has 1 saturated heterocycles. The minimum Gasteiger partial charge on any atom is -0.336 e. The van der Waals surface area contributed by atoms with Gasteiger partial charge in [-0.05, 0) is 36.9 Å². The predicted molar refractivity (Wildman–Crippen MR) is 90.2 cm³/mol. The van der Waals surface area contributed by atoms with E-state index in [0.717, 1.165) is 0 Å². The normalized spacial score (nSPS) is 15.3. The number of benzene rings is 1. The van der Waals surface area contributed by atoms with Crippen LogP contribution in [0.2, 0.25) is 0 Å². The molecule has 1 aliphatic rings. The quantitative estimate of drug-likeness (QED) is 0.900. The predicted octanol–water partition coefficient (Wildman–Crippen LogP) is 1.79. The molecule has 2 heterocycles. The van der Waals surface area contributed by atoms with Crippen LogP contribution in [0.3, 0.4) is 0 Å². The molecule has 3 amide bonds. The van der Waals surface area contributed by atoms with Crippen molar-refractivity contribution in [3.8, 4) is 0 Å². The molecule has 2 aromatic rings. The Morgan fingerprint density at radius 2 is 2.20 bits per heavy atom. The monoisotopic (exact) mass is 342 g/mol. The number of nitrogens with zero attached hydrogens (tertiary/aromatic N) is 3. The average molecular weight is 342 g/mol. The number of nitrogens with one attached hydrogen (secondary N) is 1. The number of hydrogen-bond donors (Lipinski definition) is 1. The molecule has 1 aliphatic heterocycles. The van der Waals surface area contributed by atoms with Crippen LogP contribution in [0.4, 0.5) is 9.18 Å². The molecule has 1 N–H and O–H groups in total. The van der Waals surface area contributed by atoms with Crippen molar-refractivity contribution in [3.05, 3.63) is 65.7 Å². The van der Waals surface area contributed by atoms with Gasteiger partial charge in [0, 0.05) is 19.3 Å². The fraction of sp³-hybridized carbons (Fsp3) is 0.278. The van der Waals surface area contributed by atoms with E-state index >= 15 is 0 Å². The summed E-state index contributed by atoms with van der Waals surface area (Å²) >= 11 is 0. The summed E-state index contributed by atoms with van der Waals surface area (Å²) in [5, 5.41) is 2.61. The Labute approximate surface area is 145 Å². The molecule has 0 radical (unpaired) electrons. The lowest BCUT2D eigenvalue weighted by atomic mass is 10.0. The number of pyridine rings is 1. The number of rotatable bonds is 5. The molecule has 1 aromatic heterocycles. The van der Waals surface area contributed by atoms with Crippen molar-refractivity contribution >= 4 is 11.9 Å². The highest BCUT2D eigenvalue weighted by atomic mass is 19.1. The fourth-order valence-electron chi connectivity index (χ4n) is 2.96. The van der Waals surface area contributed by atoms with Crippen LogP contribution >= 0.6 is 0 Å². The molecule has 1 atom stereocenters. The van der Waals surface area contributed by atoms with Gasteiger partial charge in [-0.2, -0.15) is 0 Å². The van der Waals surface area contributed by atoms with Crippen molar-refractivity contribution in [1.29, 1.82) is 0 Å². The number of likely N-dealkylation sites (N-methyl/N-ethyl adjacent to an activating group) is 1. The second-order valence-electron chi connectivity index (χ2n) is 5.90. The van der Waals surface area contributed by atoms with Crippen LogP contribution in [0.5, 0.6) is 0 Å². The lowest BCUT2D eigenvalue weighted by molar-refractivity contribution is -0.128. The number of imide groups is 1. The number of carbonyl (C=O) groups is 2. The van der Waals surface area contributed by atoms with Gasteiger partial charge < -0.3 is 5.32 Å². The van der Waals surface area contributed by atoms with Crippen LogP contribution in [-0.4, -0.2) is 53.4 Å². The number of amides is 3. The van der Waals surface area contributed by atoms with Crippen molar-refractivity contribution in [3.63, 3.8) is 0 Å². The van der Waals surface area contributed by atoms with E-state index in [1.54, 1.807) is 36.3 Å². The molecule has 0 aliphatic carbocycles. The van der Waals surface area contributed by atoms with Crippen LogP contribution in [0.15, 0.2) is 48.7 Å². The van der Waals surface area contributed by atoms with Gasteiger partial charge in [-0.25, -0.2) is 9.18 Å². The topological polar surface area (TPSA) is 65.5 Å². The lowest BCUT2D eigenvalue weighted by Crippen LogP contribution is -2.42. The summed E-state index contributed by atoms with van der Waals surface area (Å²) in [4.78, 5) is 31.4. The smallest absolute Gasteiger partial charge is 0.324 e. The van der Waals surface area contributed by atoms with E-state index in [9.17, 15) is 14.0 Å². The SMILES string of the molecule is CN(CC(=O)N1CCNC1=O)C(c1cccc(F)c1)c1ccccn1. The maximum Gasteiger partial charge on any atom is 0.324 e. The number of hydrogen-bond acceptors (Lipinski definition) is 4. The highest BCUT2D eigenvalue weighted by Gasteiger charge is 2.29. The molecule has 1 aromatic carbocycles. The first-order valence-electron chi connectivity index (χ1n) is 8.01. The van der Waals surface area contributed by atoms with Crippen LogP contribution in [0.25, 0.3) is 0 Å². The standard InChI is InChI=1S/C18H19FN4O2/c1-22(12-16(24)23-10-9-21-18(23)25)17(15-7-2-3-8-20-15)13-5-4-6-14(19)11-13/h2-8,11,17H,9-10,12H2,1H3,(H,21,25). The van der Waals surface area contributed by atoms with Gasteiger partial charge in [-0.3, -0.25) is 19.6 Å². The Balaban J connectivity index is 1.86. The Morgan fingerprint density at radius 3 is 2.84 bits per heavy atom. The summed E-state index contributed by atoms with van der Waals surface area (Å²) in [7, 11) is 1.76. The van der Waals surface area contributed by atoms with Gasteiger partial charge in [0.25, 0.3) is 0 Å². The molecular formula is C18H19FN4O2. The zero-order chi connectivity index (χ0) is 17.8. The van der Waals surface area contributed by atoms with E-state index in [1.165, 1.54) is 17.0 Å². The second kappa shape index (κ2) is 7.40. The van der Waals surface area contributed by atoms with Gasteiger partial charge in [-0.15, -0.1) is 0 Å². The van der Waals surface area contributed by atoms with Crippen LogP contribution < -0.4 is 5.32 Å². The van der Waals surface area contributed by atoms with Crippen LogP contribution in [0, 0.1) is 5.82 Å². The average Bonchev–Trinajstić information content (AvgIpc) is 3.02. The zero-order valence-corrected chi connectivity index (χ0v) is 13.9. The molecule has 0 spiro atoms. The van der Waals surface area contributed by atoms with Gasteiger partial charge in [-0.1, -0.05) is 18.2 Å². The maximum absolute atomic E-state index is 13.7. The molecule has 130 valence electrons. The van der Waals surface area contributed by atoms with Gasteiger partial charge in [0.2, 0.25) is 5.91 Å². The van der Waals surface area contributed by atoms with Gasteiger partial charge in [0.1, 0.15) is 5.82 Å². The Morgan fingerprint density at radius 1 is 1.36 bits per heavy atom. The summed E-state index contributed by atoms with van der Waals surface area (Å²) in [6, 6.07) is 10.9. The van der Waals surface area contributed by atoms with E-state index in [-0.39, 0.29) is 24.3 Å². The minimum atomic E-state index is -0.397. The van der Waals surface area contributed by atoms with Gasteiger partial charge in [0.05, 0.1) is 18.3 Å². The van der Waals surface area contributed by atoms with Crippen molar-refractivity contribution in [2.75, 3.05) is 26.7 Å².